The maximum atomic E-state index is 12.1. The zero-order valence-electron chi connectivity index (χ0n) is 18.0. The van der Waals surface area contributed by atoms with Crippen LogP contribution in [0.2, 0.25) is 0 Å². The number of carbonyl (C=O) groups excluding carboxylic acids is 1. The number of anilines is 1. The molecular weight excluding hydrogens is 394 g/mol. The minimum absolute atomic E-state index is 0.263. The molecule has 0 bridgehead atoms. The first-order chi connectivity index (χ1) is 14.5. The standard InChI is InChI=1S/C15H13N3O2S.C7H8.C2H6/c1-9-3-5-12(16-8-9)14(19)18-15-17-11-6-4-10(20-2)7-13(11)21-15;1-7-5-3-2-4-6-7;1-2/h3-8H,1-2H3,(H,17,18,19);2-6H,1H3;1-2H3. The lowest BCUT2D eigenvalue weighted by molar-refractivity contribution is 0.102. The Bertz CT molecular complexity index is 1060. The van der Waals surface area contributed by atoms with Gasteiger partial charge >= 0.3 is 0 Å². The lowest BCUT2D eigenvalue weighted by Gasteiger charge is -2.00. The topological polar surface area (TPSA) is 64.1 Å². The predicted molar refractivity (Wildman–Crippen MR) is 126 cm³/mol. The Morgan fingerprint density at radius 1 is 0.967 bits per heavy atom. The van der Waals surface area contributed by atoms with Gasteiger partial charge in [-0.2, -0.15) is 0 Å². The molecule has 0 aliphatic carbocycles. The van der Waals surface area contributed by atoms with Crippen molar-refractivity contribution in [3.05, 3.63) is 83.7 Å². The molecular formula is C24H27N3O2S. The Labute approximate surface area is 181 Å². The monoisotopic (exact) mass is 421 g/mol. The second-order valence-corrected chi connectivity index (χ2v) is 7.21. The van der Waals surface area contributed by atoms with Crippen LogP contribution in [0.5, 0.6) is 5.75 Å². The number of thiazole rings is 1. The largest absolute Gasteiger partial charge is 0.497 e. The summed E-state index contributed by atoms with van der Waals surface area (Å²) in [7, 11) is 1.62. The van der Waals surface area contributed by atoms with Gasteiger partial charge in [0.2, 0.25) is 0 Å². The molecule has 2 aromatic carbocycles. The number of aromatic nitrogens is 2. The molecule has 2 aromatic heterocycles. The number of carbonyl (C=O) groups is 1. The van der Waals surface area contributed by atoms with Crippen molar-refractivity contribution in [2.24, 2.45) is 0 Å². The van der Waals surface area contributed by atoms with Crippen molar-refractivity contribution in [2.75, 3.05) is 12.4 Å². The van der Waals surface area contributed by atoms with Crippen molar-refractivity contribution < 1.29 is 9.53 Å². The Kier molecular flexibility index (Phi) is 8.97. The predicted octanol–water partition coefficient (Wildman–Crippen LogP) is 6.28. The summed E-state index contributed by atoms with van der Waals surface area (Å²) in [5.41, 5.74) is 3.53. The number of nitrogens with one attached hydrogen (secondary N) is 1. The molecule has 0 radical (unpaired) electrons. The highest BCUT2D eigenvalue weighted by atomic mass is 32.1. The molecule has 4 aromatic rings. The summed E-state index contributed by atoms with van der Waals surface area (Å²) in [6.45, 7) is 8.01. The second-order valence-electron chi connectivity index (χ2n) is 6.18. The van der Waals surface area contributed by atoms with Crippen LogP contribution in [0.25, 0.3) is 10.2 Å². The van der Waals surface area contributed by atoms with Crippen LogP contribution in [0.3, 0.4) is 0 Å². The summed E-state index contributed by atoms with van der Waals surface area (Å²) < 4.78 is 6.13. The van der Waals surface area contributed by atoms with Crippen molar-refractivity contribution in [1.82, 2.24) is 9.97 Å². The third-order valence-corrected chi connectivity index (χ3v) is 4.83. The molecule has 156 valence electrons. The maximum absolute atomic E-state index is 12.1. The normalized spacial score (nSPS) is 9.63. The number of rotatable bonds is 3. The van der Waals surface area contributed by atoms with E-state index in [9.17, 15) is 4.79 Å². The van der Waals surface area contributed by atoms with E-state index < -0.39 is 0 Å². The zero-order chi connectivity index (χ0) is 21.9. The van der Waals surface area contributed by atoms with E-state index in [0.29, 0.717) is 10.8 Å². The number of benzene rings is 2. The quantitative estimate of drug-likeness (QED) is 0.423. The van der Waals surface area contributed by atoms with Gasteiger partial charge in [0.1, 0.15) is 11.4 Å². The van der Waals surface area contributed by atoms with Gasteiger partial charge in [0.25, 0.3) is 5.91 Å². The number of pyridine rings is 1. The molecule has 0 spiro atoms. The number of amides is 1. The lowest BCUT2D eigenvalue weighted by Crippen LogP contribution is -2.13. The van der Waals surface area contributed by atoms with E-state index in [4.69, 9.17) is 4.74 Å². The van der Waals surface area contributed by atoms with Crippen LogP contribution in [-0.4, -0.2) is 23.0 Å². The fourth-order valence-corrected chi connectivity index (χ4v) is 3.27. The molecule has 0 unspecified atom stereocenters. The molecule has 0 saturated carbocycles. The Hall–Kier alpha value is -3.25. The van der Waals surface area contributed by atoms with Crippen LogP contribution in [0.15, 0.2) is 66.9 Å². The SMILES string of the molecule is CC.COc1ccc2nc(NC(=O)c3ccc(C)cn3)sc2c1.Cc1ccccc1. The molecule has 0 aliphatic heterocycles. The Morgan fingerprint density at radius 3 is 2.27 bits per heavy atom. The smallest absolute Gasteiger partial charge is 0.276 e. The van der Waals surface area contributed by atoms with Crippen molar-refractivity contribution in [1.29, 1.82) is 0 Å². The minimum atomic E-state index is -0.263. The average molecular weight is 422 g/mol. The van der Waals surface area contributed by atoms with Gasteiger partial charge < -0.3 is 4.74 Å². The summed E-state index contributed by atoms with van der Waals surface area (Å²) in [5, 5.41) is 3.32. The van der Waals surface area contributed by atoms with E-state index in [1.807, 2.05) is 63.2 Å². The highest BCUT2D eigenvalue weighted by Gasteiger charge is 2.11. The number of aryl methyl sites for hydroxylation is 2. The van der Waals surface area contributed by atoms with Crippen LogP contribution < -0.4 is 10.1 Å². The van der Waals surface area contributed by atoms with Crippen LogP contribution in [0, 0.1) is 13.8 Å². The van der Waals surface area contributed by atoms with Gasteiger partial charge in [-0.25, -0.2) is 4.98 Å². The van der Waals surface area contributed by atoms with E-state index in [2.05, 4.69) is 34.3 Å². The molecule has 1 N–H and O–H groups in total. The molecule has 0 aliphatic rings. The van der Waals surface area contributed by atoms with Crippen LogP contribution in [-0.2, 0) is 0 Å². The second kappa shape index (κ2) is 11.7. The van der Waals surface area contributed by atoms with Gasteiger partial charge in [0, 0.05) is 6.20 Å². The fourth-order valence-electron chi connectivity index (χ4n) is 2.38. The van der Waals surface area contributed by atoms with E-state index in [-0.39, 0.29) is 5.91 Å². The van der Waals surface area contributed by atoms with Gasteiger partial charge in [-0.3, -0.25) is 15.1 Å². The van der Waals surface area contributed by atoms with Crippen molar-refractivity contribution in [2.45, 2.75) is 27.7 Å². The molecule has 0 atom stereocenters. The van der Waals surface area contributed by atoms with Crippen LogP contribution in [0.1, 0.15) is 35.5 Å². The number of nitrogens with zero attached hydrogens (tertiary/aromatic N) is 2. The van der Waals surface area contributed by atoms with Gasteiger partial charge in [0.15, 0.2) is 5.13 Å². The van der Waals surface area contributed by atoms with Crippen molar-refractivity contribution in [3.63, 3.8) is 0 Å². The zero-order valence-corrected chi connectivity index (χ0v) is 18.8. The lowest BCUT2D eigenvalue weighted by atomic mass is 10.2. The molecule has 4 rings (SSSR count). The summed E-state index contributed by atoms with van der Waals surface area (Å²) >= 11 is 1.40. The third-order valence-electron chi connectivity index (χ3n) is 3.90. The first-order valence-electron chi connectivity index (χ1n) is 9.75. The first kappa shape index (κ1) is 23.0. The number of fused-ring (bicyclic) bond motifs is 1. The summed E-state index contributed by atoms with van der Waals surface area (Å²) in [6, 6.07) is 19.4. The molecule has 2 heterocycles. The fraction of sp³-hybridized carbons (Fsp3) is 0.208. The highest BCUT2D eigenvalue weighted by molar-refractivity contribution is 7.22. The first-order valence-corrected chi connectivity index (χ1v) is 10.6. The molecule has 0 fully saturated rings. The van der Waals surface area contributed by atoms with Gasteiger partial charge in [0.05, 0.1) is 17.3 Å². The number of hydrogen-bond acceptors (Lipinski definition) is 5. The summed E-state index contributed by atoms with van der Waals surface area (Å²) in [4.78, 5) is 20.6. The van der Waals surface area contributed by atoms with E-state index in [1.54, 1.807) is 19.4 Å². The number of methoxy groups -OCH3 is 1. The van der Waals surface area contributed by atoms with E-state index in [0.717, 1.165) is 21.5 Å². The summed E-state index contributed by atoms with van der Waals surface area (Å²) in [6.07, 6.45) is 1.66. The van der Waals surface area contributed by atoms with Crippen molar-refractivity contribution in [3.8, 4) is 5.75 Å². The van der Waals surface area contributed by atoms with Gasteiger partial charge in [-0.1, -0.05) is 67.1 Å². The summed E-state index contributed by atoms with van der Waals surface area (Å²) in [5.74, 6) is 0.505. The third kappa shape index (κ3) is 6.67. The van der Waals surface area contributed by atoms with Gasteiger partial charge in [-0.15, -0.1) is 0 Å². The number of hydrogen-bond donors (Lipinski definition) is 1. The Morgan fingerprint density at radius 2 is 1.70 bits per heavy atom. The van der Waals surface area contributed by atoms with E-state index in [1.165, 1.54) is 16.9 Å². The maximum Gasteiger partial charge on any atom is 0.276 e. The molecule has 1 amide bonds. The average Bonchev–Trinajstić information content (AvgIpc) is 3.18. The Balaban J connectivity index is 0.000000299. The molecule has 6 heteroatoms. The van der Waals surface area contributed by atoms with Crippen LogP contribution >= 0.6 is 11.3 Å². The van der Waals surface area contributed by atoms with Crippen LogP contribution in [0.4, 0.5) is 5.13 Å². The van der Waals surface area contributed by atoms with E-state index >= 15 is 0 Å². The number of ether oxygens (including phenoxy) is 1. The molecule has 5 nitrogen and oxygen atoms in total. The molecule has 30 heavy (non-hydrogen) atoms. The molecule has 0 saturated heterocycles. The highest BCUT2D eigenvalue weighted by Crippen LogP contribution is 2.29. The van der Waals surface area contributed by atoms with Crippen molar-refractivity contribution >= 4 is 32.6 Å². The minimum Gasteiger partial charge on any atom is -0.497 e. The van der Waals surface area contributed by atoms with Gasteiger partial charge in [-0.05, 0) is 43.7 Å².